The number of methoxy groups -OCH3 is 1. The van der Waals surface area contributed by atoms with Crippen molar-refractivity contribution in [3.63, 3.8) is 0 Å². The average Bonchev–Trinajstić information content (AvgIpc) is 2.59. The van der Waals surface area contributed by atoms with Gasteiger partial charge in [0.05, 0.1) is 24.9 Å². The van der Waals surface area contributed by atoms with E-state index >= 15 is 0 Å². The summed E-state index contributed by atoms with van der Waals surface area (Å²) < 4.78 is 29.7. The van der Waals surface area contributed by atoms with Crippen LogP contribution in [-0.2, 0) is 20.8 Å². The highest BCUT2D eigenvalue weighted by molar-refractivity contribution is 5.92. The van der Waals surface area contributed by atoms with E-state index in [-0.39, 0.29) is 29.9 Å². The fraction of sp³-hybridized carbons (Fsp3) is 0.500. The maximum absolute atomic E-state index is 14.5. The van der Waals surface area contributed by atoms with Crippen LogP contribution in [0.15, 0.2) is 24.8 Å². The lowest BCUT2D eigenvalue weighted by atomic mass is 10.1. The van der Waals surface area contributed by atoms with Gasteiger partial charge >= 0.3 is 18.2 Å². The molecule has 1 N–H and O–H groups in total. The molecule has 0 bridgehead atoms. The molecule has 0 aliphatic carbocycles. The Kier molecular flexibility index (Phi) is 8.60. The summed E-state index contributed by atoms with van der Waals surface area (Å²) >= 11 is 0. The van der Waals surface area contributed by atoms with E-state index in [1.807, 2.05) is 0 Å². The lowest BCUT2D eigenvalue weighted by Gasteiger charge is -2.27. The van der Waals surface area contributed by atoms with Crippen molar-refractivity contribution in [3.8, 4) is 0 Å². The number of halogens is 1. The largest absolute Gasteiger partial charge is 0.465 e. The van der Waals surface area contributed by atoms with Gasteiger partial charge in [0.1, 0.15) is 17.0 Å². The second kappa shape index (κ2) is 10.3. The van der Waals surface area contributed by atoms with Crippen LogP contribution in [0, 0.1) is 5.82 Å². The number of amides is 2. The summed E-state index contributed by atoms with van der Waals surface area (Å²) in [6, 6.07) is 2.20. The number of benzene rings is 1. The third-order valence-corrected chi connectivity index (χ3v) is 3.60. The topological polar surface area (TPSA) is 94.2 Å². The minimum atomic E-state index is -0.894. The van der Waals surface area contributed by atoms with Gasteiger partial charge < -0.3 is 19.1 Å². The van der Waals surface area contributed by atoms with E-state index in [9.17, 15) is 18.8 Å². The number of nitrogens with one attached hydrogen (secondary N) is 1. The van der Waals surface area contributed by atoms with Crippen LogP contribution in [0.4, 0.5) is 19.7 Å². The highest BCUT2D eigenvalue weighted by Gasteiger charge is 2.25. The molecule has 0 aromatic heterocycles. The van der Waals surface area contributed by atoms with E-state index in [4.69, 9.17) is 9.47 Å². The molecule has 0 unspecified atom stereocenters. The number of nitrogens with zero attached hydrogens (tertiary/aromatic N) is 1. The van der Waals surface area contributed by atoms with Crippen molar-refractivity contribution >= 4 is 23.8 Å². The van der Waals surface area contributed by atoms with Crippen molar-refractivity contribution in [1.29, 1.82) is 0 Å². The third-order valence-electron chi connectivity index (χ3n) is 3.60. The van der Waals surface area contributed by atoms with Crippen LogP contribution in [0.25, 0.3) is 0 Å². The minimum Gasteiger partial charge on any atom is -0.465 e. The lowest BCUT2D eigenvalue weighted by molar-refractivity contribution is 0.0257. The fourth-order valence-corrected chi connectivity index (χ4v) is 2.44. The Bertz CT molecular complexity index is 840. The van der Waals surface area contributed by atoms with Gasteiger partial charge in [-0.2, -0.15) is 0 Å². The number of carbonyl (C=O) groups excluding carboxylic acids is 3. The number of rotatable bonds is 6. The molecule has 172 valence electrons. The maximum Gasteiger partial charge on any atom is 0.412 e. The van der Waals surface area contributed by atoms with Gasteiger partial charge in [0, 0.05) is 6.54 Å². The molecule has 1 aromatic rings. The fourth-order valence-electron chi connectivity index (χ4n) is 2.44. The molecule has 0 aliphatic rings. The molecule has 0 fully saturated rings. The first-order valence-corrected chi connectivity index (χ1v) is 9.66. The van der Waals surface area contributed by atoms with E-state index in [1.165, 1.54) is 17.0 Å². The number of carbonyl (C=O) groups is 3. The van der Waals surface area contributed by atoms with Crippen molar-refractivity contribution in [2.24, 2.45) is 0 Å². The summed E-state index contributed by atoms with van der Waals surface area (Å²) in [6.07, 6.45) is 0.0430. The van der Waals surface area contributed by atoms with E-state index in [1.54, 1.807) is 41.5 Å². The van der Waals surface area contributed by atoms with Crippen LogP contribution in [-0.4, -0.2) is 47.9 Å². The van der Waals surface area contributed by atoms with Gasteiger partial charge in [0.2, 0.25) is 0 Å². The molecular formula is C22H31FN2O6. The molecule has 0 heterocycles. The molecule has 1 rings (SSSR count). The van der Waals surface area contributed by atoms with Gasteiger partial charge in [-0.15, -0.1) is 6.58 Å². The SMILES string of the molecule is C=CCN(Cc1cc(C(=O)OC)c(F)cc1NC(=O)OC(C)(C)C)C(=O)OC(C)(C)C. The van der Waals surface area contributed by atoms with Gasteiger partial charge in [-0.05, 0) is 59.2 Å². The summed E-state index contributed by atoms with van der Waals surface area (Å²) in [5.41, 5.74) is -1.54. The van der Waals surface area contributed by atoms with Crippen LogP contribution in [0.2, 0.25) is 0 Å². The van der Waals surface area contributed by atoms with E-state index < -0.39 is 35.2 Å². The Balaban J connectivity index is 3.37. The first-order chi connectivity index (χ1) is 14.2. The molecule has 0 atom stereocenters. The van der Waals surface area contributed by atoms with Gasteiger partial charge in [-0.3, -0.25) is 5.32 Å². The van der Waals surface area contributed by atoms with Gasteiger partial charge in [-0.1, -0.05) is 6.08 Å². The Labute approximate surface area is 182 Å². The Hall–Kier alpha value is -3.10. The number of esters is 1. The molecule has 1 aromatic carbocycles. The summed E-state index contributed by atoms with van der Waals surface area (Å²) in [7, 11) is 1.12. The molecule has 9 heteroatoms. The Morgan fingerprint density at radius 2 is 1.68 bits per heavy atom. The van der Waals surface area contributed by atoms with Crippen molar-refractivity contribution < 1.29 is 33.0 Å². The lowest BCUT2D eigenvalue weighted by Crippen LogP contribution is -2.37. The van der Waals surface area contributed by atoms with Gasteiger partial charge in [-0.25, -0.2) is 18.8 Å². The highest BCUT2D eigenvalue weighted by Crippen LogP contribution is 2.25. The van der Waals surface area contributed by atoms with E-state index in [0.717, 1.165) is 13.2 Å². The number of hydrogen-bond acceptors (Lipinski definition) is 6. The number of hydrogen-bond donors (Lipinski definition) is 1. The molecule has 8 nitrogen and oxygen atoms in total. The highest BCUT2D eigenvalue weighted by atomic mass is 19.1. The van der Waals surface area contributed by atoms with Crippen LogP contribution in [0.5, 0.6) is 0 Å². The zero-order valence-electron chi connectivity index (χ0n) is 19.1. The van der Waals surface area contributed by atoms with Crippen molar-refractivity contribution in [2.45, 2.75) is 59.3 Å². The monoisotopic (exact) mass is 438 g/mol. The number of ether oxygens (including phenoxy) is 3. The van der Waals surface area contributed by atoms with Crippen molar-refractivity contribution in [3.05, 3.63) is 41.7 Å². The van der Waals surface area contributed by atoms with Crippen LogP contribution in [0.3, 0.4) is 0 Å². The van der Waals surface area contributed by atoms with Gasteiger partial charge in [0.15, 0.2) is 0 Å². The predicted molar refractivity (Wildman–Crippen MR) is 114 cm³/mol. The predicted octanol–water partition coefficient (Wildman–Crippen LogP) is 4.88. The molecule has 0 spiro atoms. The second-order valence-corrected chi connectivity index (χ2v) is 8.76. The second-order valence-electron chi connectivity index (χ2n) is 8.76. The normalized spacial score (nSPS) is 11.4. The van der Waals surface area contributed by atoms with Crippen molar-refractivity contribution in [2.75, 3.05) is 19.0 Å². The zero-order chi connectivity index (χ0) is 24.0. The van der Waals surface area contributed by atoms with E-state index in [2.05, 4.69) is 16.6 Å². The Morgan fingerprint density at radius 3 is 2.16 bits per heavy atom. The van der Waals surface area contributed by atoms with Crippen LogP contribution in [0.1, 0.15) is 57.5 Å². The zero-order valence-corrected chi connectivity index (χ0v) is 19.1. The first kappa shape index (κ1) is 25.9. The molecule has 0 radical (unpaired) electrons. The Morgan fingerprint density at radius 1 is 1.10 bits per heavy atom. The standard InChI is InChI=1S/C22H31FN2O6/c1-9-10-25(20(28)31-22(5,6)7)13-14-11-15(18(26)29-8)16(23)12-17(14)24-19(27)30-21(2,3)4/h9,11-12H,1,10,13H2,2-8H3,(H,24,27). The summed E-state index contributed by atoms with van der Waals surface area (Å²) in [6.45, 7) is 13.9. The maximum atomic E-state index is 14.5. The molecular weight excluding hydrogens is 407 g/mol. The molecule has 31 heavy (non-hydrogen) atoms. The van der Waals surface area contributed by atoms with E-state index in [0.29, 0.717) is 0 Å². The third kappa shape index (κ3) is 8.65. The smallest absolute Gasteiger partial charge is 0.412 e. The number of anilines is 1. The van der Waals surface area contributed by atoms with Gasteiger partial charge in [0.25, 0.3) is 0 Å². The quantitative estimate of drug-likeness (QED) is 0.386. The molecule has 0 saturated carbocycles. The van der Waals surface area contributed by atoms with Crippen LogP contribution >= 0.6 is 0 Å². The molecule has 2 amide bonds. The summed E-state index contributed by atoms with van der Waals surface area (Å²) in [4.78, 5) is 38.1. The molecule has 0 saturated heterocycles. The van der Waals surface area contributed by atoms with Crippen molar-refractivity contribution in [1.82, 2.24) is 4.90 Å². The average molecular weight is 438 g/mol. The minimum absolute atomic E-state index is 0.0389. The molecule has 0 aliphatic heterocycles. The van der Waals surface area contributed by atoms with Crippen LogP contribution < -0.4 is 5.32 Å². The first-order valence-electron chi connectivity index (χ1n) is 9.66. The summed E-state index contributed by atoms with van der Waals surface area (Å²) in [5.74, 6) is -1.79. The summed E-state index contributed by atoms with van der Waals surface area (Å²) in [5, 5.41) is 2.47.